The second-order valence-corrected chi connectivity index (χ2v) is 7.19. The lowest BCUT2D eigenvalue weighted by atomic mass is 10.2. The van der Waals surface area contributed by atoms with E-state index in [1.165, 1.54) is 51.5 Å². The molecule has 0 radical (unpaired) electrons. The number of nitriles is 1. The molecule has 0 bridgehead atoms. The first-order chi connectivity index (χ1) is 13.3. The number of carbonyl (C=O) groups excluding carboxylic acids is 1. The maximum absolute atomic E-state index is 12.4. The van der Waals surface area contributed by atoms with E-state index in [1.807, 2.05) is 10.9 Å². The largest absolute Gasteiger partial charge is 0.493 e. The van der Waals surface area contributed by atoms with Crippen LogP contribution in [0.4, 0.5) is 0 Å². The Kier molecular flexibility index (Phi) is 6.81. The molecule has 1 atom stereocenters. The van der Waals surface area contributed by atoms with Crippen LogP contribution >= 0.6 is 0 Å². The van der Waals surface area contributed by atoms with Gasteiger partial charge in [-0.2, -0.15) is 5.26 Å². The average Bonchev–Trinajstić information content (AvgIpc) is 2.71. The van der Waals surface area contributed by atoms with E-state index in [0.29, 0.717) is 17.1 Å². The Balaban J connectivity index is 2.01. The zero-order chi connectivity index (χ0) is 20.7. The number of hydrogen-bond acceptors (Lipinski definition) is 7. The van der Waals surface area contributed by atoms with E-state index < -0.39 is 22.0 Å². The van der Waals surface area contributed by atoms with E-state index in [9.17, 15) is 13.2 Å². The molecule has 10 heteroatoms. The van der Waals surface area contributed by atoms with Crippen LogP contribution in [0.1, 0.15) is 12.5 Å². The fourth-order valence-corrected chi connectivity index (χ4v) is 2.99. The maximum Gasteiger partial charge on any atom is 0.275 e. The van der Waals surface area contributed by atoms with Crippen LogP contribution in [0.15, 0.2) is 47.4 Å². The van der Waals surface area contributed by atoms with Crippen molar-refractivity contribution in [2.45, 2.75) is 17.9 Å². The number of nitrogens with zero attached hydrogens (tertiary/aromatic N) is 1. The van der Waals surface area contributed by atoms with Gasteiger partial charge in [0.1, 0.15) is 5.75 Å². The first-order valence-electron chi connectivity index (χ1n) is 8.01. The van der Waals surface area contributed by atoms with Gasteiger partial charge >= 0.3 is 0 Å². The summed E-state index contributed by atoms with van der Waals surface area (Å²) in [5.74, 6) is 0.266. The van der Waals surface area contributed by atoms with Crippen molar-refractivity contribution in [2.24, 2.45) is 0 Å². The summed E-state index contributed by atoms with van der Waals surface area (Å²) in [5, 5.41) is 8.77. The number of ether oxygens (including phenoxy) is 3. The molecule has 0 heterocycles. The summed E-state index contributed by atoms with van der Waals surface area (Å²) < 4.78 is 40.3. The number of hydrogen-bond donors (Lipinski definition) is 2. The molecule has 148 valence electrons. The van der Waals surface area contributed by atoms with Gasteiger partial charge in [0.05, 0.1) is 30.7 Å². The molecular weight excluding hydrogens is 386 g/mol. The first kappa shape index (κ1) is 21.0. The molecule has 1 amide bonds. The summed E-state index contributed by atoms with van der Waals surface area (Å²) in [7, 11) is -1.23. The van der Waals surface area contributed by atoms with Crippen molar-refractivity contribution in [1.29, 1.82) is 5.26 Å². The highest BCUT2D eigenvalue weighted by atomic mass is 32.2. The van der Waals surface area contributed by atoms with Crippen LogP contribution in [0.5, 0.6) is 17.2 Å². The molecule has 0 spiro atoms. The van der Waals surface area contributed by atoms with E-state index in [1.54, 1.807) is 12.1 Å². The van der Waals surface area contributed by atoms with Crippen LogP contribution in [0.3, 0.4) is 0 Å². The number of hydrazine groups is 1. The van der Waals surface area contributed by atoms with Crippen LogP contribution in [-0.2, 0) is 14.8 Å². The third kappa shape index (κ3) is 5.12. The monoisotopic (exact) mass is 405 g/mol. The smallest absolute Gasteiger partial charge is 0.275 e. The summed E-state index contributed by atoms with van der Waals surface area (Å²) in [5.41, 5.74) is 2.55. The van der Waals surface area contributed by atoms with Crippen molar-refractivity contribution < 1.29 is 27.4 Å². The van der Waals surface area contributed by atoms with E-state index in [4.69, 9.17) is 19.5 Å². The van der Waals surface area contributed by atoms with Crippen molar-refractivity contribution in [3.8, 4) is 23.3 Å². The molecule has 0 aliphatic heterocycles. The summed E-state index contributed by atoms with van der Waals surface area (Å²) in [6, 6.07) is 12.1. The quantitative estimate of drug-likeness (QED) is 0.635. The lowest BCUT2D eigenvalue weighted by molar-refractivity contribution is -0.127. The normalized spacial score (nSPS) is 11.8. The molecule has 0 aliphatic rings. The SMILES string of the molecule is COc1ccc(S(=O)(=O)NNC(=O)[C@@H](C)Oc2ccc(C#N)cc2)cc1OC. The van der Waals surface area contributed by atoms with Gasteiger partial charge in [0.25, 0.3) is 15.9 Å². The van der Waals surface area contributed by atoms with Crippen molar-refractivity contribution in [3.63, 3.8) is 0 Å². The Labute approximate surface area is 162 Å². The van der Waals surface area contributed by atoms with E-state index in [2.05, 4.69) is 5.43 Å². The fraction of sp³-hybridized carbons (Fsp3) is 0.222. The van der Waals surface area contributed by atoms with Crippen LogP contribution < -0.4 is 24.5 Å². The van der Waals surface area contributed by atoms with E-state index >= 15 is 0 Å². The highest BCUT2D eigenvalue weighted by Gasteiger charge is 2.20. The summed E-state index contributed by atoms with van der Waals surface area (Å²) in [4.78, 5) is 14.0. The summed E-state index contributed by atoms with van der Waals surface area (Å²) in [6.07, 6.45) is -0.985. The lowest BCUT2D eigenvalue weighted by Gasteiger charge is -2.16. The minimum atomic E-state index is -4.04. The van der Waals surface area contributed by atoms with Gasteiger partial charge in [-0.25, -0.2) is 8.42 Å². The molecule has 2 aromatic rings. The third-order valence-corrected chi connectivity index (χ3v) is 4.88. The Morgan fingerprint density at radius 3 is 2.29 bits per heavy atom. The van der Waals surface area contributed by atoms with Crippen molar-refractivity contribution >= 4 is 15.9 Å². The Morgan fingerprint density at radius 2 is 1.71 bits per heavy atom. The number of benzene rings is 2. The Hall–Kier alpha value is -3.29. The number of amides is 1. The molecule has 0 aromatic heterocycles. The predicted octanol–water partition coefficient (Wildman–Crippen LogP) is 1.35. The molecule has 0 fully saturated rings. The summed E-state index contributed by atoms with van der Waals surface area (Å²) in [6.45, 7) is 1.46. The number of nitrogens with one attached hydrogen (secondary N) is 2. The van der Waals surface area contributed by atoms with E-state index in [-0.39, 0.29) is 10.6 Å². The summed E-state index contributed by atoms with van der Waals surface area (Å²) >= 11 is 0. The fourth-order valence-electron chi connectivity index (χ4n) is 2.13. The van der Waals surface area contributed by atoms with E-state index in [0.717, 1.165) is 0 Å². The van der Waals surface area contributed by atoms with Crippen molar-refractivity contribution in [2.75, 3.05) is 14.2 Å². The number of rotatable bonds is 8. The number of sulfonamides is 1. The van der Waals surface area contributed by atoms with Crippen LogP contribution in [-0.4, -0.2) is 34.6 Å². The van der Waals surface area contributed by atoms with Crippen LogP contribution in [0.2, 0.25) is 0 Å². The van der Waals surface area contributed by atoms with Gasteiger partial charge in [0.2, 0.25) is 0 Å². The second kappa shape index (κ2) is 9.07. The molecule has 0 saturated heterocycles. The minimum Gasteiger partial charge on any atom is -0.493 e. The van der Waals surface area contributed by atoms with Crippen LogP contribution in [0, 0.1) is 11.3 Å². The number of methoxy groups -OCH3 is 2. The van der Waals surface area contributed by atoms with Gasteiger partial charge in [0.15, 0.2) is 17.6 Å². The Morgan fingerprint density at radius 1 is 1.07 bits per heavy atom. The van der Waals surface area contributed by atoms with Gasteiger partial charge in [-0.3, -0.25) is 10.2 Å². The minimum absolute atomic E-state index is 0.119. The average molecular weight is 405 g/mol. The van der Waals surface area contributed by atoms with Crippen molar-refractivity contribution in [3.05, 3.63) is 48.0 Å². The molecule has 28 heavy (non-hydrogen) atoms. The zero-order valence-electron chi connectivity index (χ0n) is 15.4. The van der Waals surface area contributed by atoms with Gasteiger partial charge < -0.3 is 14.2 Å². The second-order valence-electron chi connectivity index (χ2n) is 5.51. The predicted molar refractivity (Wildman–Crippen MR) is 99.3 cm³/mol. The highest BCUT2D eigenvalue weighted by molar-refractivity contribution is 7.89. The van der Waals surface area contributed by atoms with Gasteiger partial charge in [0, 0.05) is 6.07 Å². The van der Waals surface area contributed by atoms with Crippen LogP contribution in [0.25, 0.3) is 0 Å². The van der Waals surface area contributed by atoms with Gasteiger partial charge in [-0.15, -0.1) is 4.83 Å². The van der Waals surface area contributed by atoms with Crippen molar-refractivity contribution in [1.82, 2.24) is 10.3 Å². The Bertz CT molecular complexity index is 983. The number of carbonyl (C=O) groups is 1. The maximum atomic E-state index is 12.4. The third-order valence-electron chi connectivity index (χ3n) is 3.64. The standard InChI is InChI=1S/C18H19N3O6S/c1-12(27-14-6-4-13(11-19)5-7-14)18(22)20-21-28(23,24)15-8-9-16(25-2)17(10-15)26-3/h4-10,12,21H,1-3H3,(H,20,22)/t12-/m1/s1. The molecular formula is C18H19N3O6S. The van der Waals surface area contributed by atoms with Gasteiger partial charge in [-0.05, 0) is 43.3 Å². The topological polar surface area (TPSA) is 127 Å². The lowest BCUT2D eigenvalue weighted by Crippen LogP contribution is -2.47. The molecule has 2 aromatic carbocycles. The zero-order valence-corrected chi connectivity index (χ0v) is 16.2. The molecule has 9 nitrogen and oxygen atoms in total. The molecule has 0 aliphatic carbocycles. The molecule has 2 rings (SSSR count). The highest BCUT2D eigenvalue weighted by Crippen LogP contribution is 2.29. The van der Waals surface area contributed by atoms with Gasteiger partial charge in [-0.1, -0.05) is 0 Å². The molecule has 0 saturated carbocycles. The molecule has 0 unspecified atom stereocenters. The molecule has 2 N–H and O–H groups in total. The first-order valence-corrected chi connectivity index (χ1v) is 9.49.